The monoisotopic (exact) mass is 204 g/mol. The fourth-order valence-corrected chi connectivity index (χ4v) is 1.75. The van der Waals surface area contributed by atoms with Crippen molar-refractivity contribution in [2.24, 2.45) is 5.92 Å². The highest BCUT2D eigenvalue weighted by Gasteiger charge is 2.30. The third kappa shape index (κ3) is 2.03. The fraction of sp³-hybridized carbons (Fsp3) is 0.364. The van der Waals surface area contributed by atoms with Gasteiger partial charge in [0.15, 0.2) is 0 Å². The zero-order valence-corrected chi connectivity index (χ0v) is 8.49. The lowest BCUT2D eigenvalue weighted by Gasteiger charge is -2.07. The summed E-state index contributed by atoms with van der Waals surface area (Å²) in [4.78, 5) is 26.4. The SMILES string of the molecule is Cc1ccncc1CC1CC(=O)NC1=O. The van der Waals surface area contributed by atoms with E-state index in [9.17, 15) is 9.59 Å². The van der Waals surface area contributed by atoms with Gasteiger partial charge in [0, 0.05) is 18.8 Å². The number of pyridine rings is 1. The van der Waals surface area contributed by atoms with Crippen LogP contribution in [-0.4, -0.2) is 16.8 Å². The summed E-state index contributed by atoms with van der Waals surface area (Å²) in [5, 5.41) is 2.31. The van der Waals surface area contributed by atoms with Crippen LogP contribution >= 0.6 is 0 Å². The average molecular weight is 204 g/mol. The van der Waals surface area contributed by atoms with Crippen LogP contribution in [0.4, 0.5) is 0 Å². The highest BCUT2D eigenvalue weighted by Crippen LogP contribution is 2.18. The molecule has 1 unspecified atom stereocenters. The van der Waals surface area contributed by atoms with Crippen molar-refractivity contribution in [2.75, 3.05) is 0 Å². The summed E-state index contributed by atoms with van der Waals surface area (Å²) in [6.45, 7) is 1.98. The molecule has 1 fully saturated rings. The Morgan fingerprint density at radius 2 is 2.33 bits per heavy atom. The van der Waals surface area contributed by atoms with E-state index in [1.807, 2.05) is 13.0 Å². The Hall–Kier alpha value is -1.71. The molecule has 0 aromatic carbocycles. The molecular weight excluding hydrogens is 192 g/mol. The van der Waals surface area contributed by atoms with E-state index in [4.69, 9.17) is 0 Å². The number of amides is 2. The predicted molar refractivity (Wildman–Crippen MR) is 53.9 cm³/mol. The van der Waals surface area contributed by atoms with Gasteiger partial charge in [0.25, 0.3) is 0 Å². The lowest BCUT2D eigenvalue weighted by Crippen LogP contribution is -2.23. The summed E-state index contributed by atoms with van der Waals surface area (Å²) < 4.78 is 0. The molecule has 1 aliphatic rings. The number of aryl methyl sites for hydroxylation is 1. The molecule has 1 aromatic heterocycles. The molecular formula is C11H12N2O2. The van der Waals surface area contributed by atoms with E-state index in [2.05, 4.69) is 10.3 Å². The largest absolute Gasteiger partial charge is 0.296 e. The maximum absolute atomic E-state index is 11.3. The van der Waals surface area contributed by atoms with Crippen molar-refractivity contribution in [3.05, 3.63) is 29.6 Å². The third-order valence-electron chi connectivity index (χ3n) is 2.68. The molecule has 1 aromatic rings. The molecule has 15 heavy (non-hydrogen) atoms. The molecule has 0 aliphatic carbocycles. The molecule has 2 heterocycles. The van der Waals surface area contributed by atoms with Gasteiger partial charge in [-0.15, -0.1) is 0 Å². The number of imide groups is 1. The van der Waals surface area contributed by atoms with E-state index in [0.29, 0.717) is 12.8 Å². The second kappa shape index (κ2) is 3.81. The summed E-state index contributed by atoms with van der Waals surface area (Å²) in [6, 6.07) is 1.91. The highest BCUT2D eigenvalue weighted by molar-refractivity contribution is 6.03. The zero-order valence-electron chi connectivity index (χ0n) is 8.49. The van der Waals surface area contributed by atoms with Crippen LogP contribution in [0.1, 0.15) is 17.5 Å². The number of rotatable bonds is 2. The van der Waals surface area contributed by atoms with Crippen LogP contribution in [0.15, 0.2) is 18.5 Å². The Morgan fingerprint density at radius 1 is 1.53 bits per heavy atom. The molecule has 2 rings (SSSR count). The lowest BCUT2D eigenvalue weighted by molar-refractivity contribution is -0.125. The summed E-state index contributed by atoms with van der Waals surface area (Å²) in [6.07, 6.45) is 4.37. The lowest BCUT2D eigenvalue weighted by atomic mass is 9.96. The molecule has 4 nitrogen and oxygen atoms in total. The van der Waals surface area contributed by atoms with Crippen molar-refractivity contribution in [1.82, 2.24) is 10.3 Å². The average Bonchev–Trinajstić information content (AvgIpc) is 2.49. The van der Waals surface area contributed by atoms with E-state index < -0.39 is 0 Å². The number of nitrogens with one attached hydrogen (secondary N) is 1. The van der Waals surface area contributed by atoms with Crippen molar-refractivity contribution in [3.63, 3.8) is 0 Å². The van der Waals surface area contributed by atoms with Gasteiger partial charge in [-0.3, -0.25) is 19.9 Å². The van der Waals surface area contributed by atoms with Gasteiger partial charge in [-0.2, -0.15) is 0 Å². The Bertz CT molecular complexity index is 415. The molecule has 4 heteroatoms. The Labute approximate surface area is 87.7 Å². The molecule has 0 saturated carbocycles. The van der Waals surface area contributed by atoms with Crippen molar-refractivity contribution in [2.45, 2.75) is 19.8 Å². The van der Waals surface area contributed by atoms with Gasteiger partial charge in [0.1, 0.15) is 0 Å². The van der Waals surface area contributed by atoms with Gasteiger partial charge in [0.05, 0.1) is 5.92 Å². The van der Waals surface area contributed by atoms with Gasteiger partial charge in [0.2, 0.25) is 11.8 Å². The molecule has 1 aliphatic heterocycles. The van der Waals surface area contributed by atoms with E-state index in [1.165, 1.54) is 0 Å². The first-order valence-corrected chi connectivity index (χ1v) is 4.90. The summed E-state index contributed by atoms with van der Waals surface area (Å²) in [7, 11) is 0. The smallest absolute Gasteiger partial charge is 0.230 e. The number of hydrogen-bond donors (Lipinski definition) is 1. The normalized spacial score (nSPS) is 20.5. The van der Waals surface area contributed by atoms with Gasteiger partial charge < -0.3 is 0 Å². The van der Waals surface area contributed by atoms with E-state index in [1.54, 1.807) is 12.4 Å². The van der Waals surface area contributed by atoms with Crippen LogP contribution in [-0.2, 0) is 16.0 Å². The number of carbonyl (C=O) groups excluding carboxylic acids is 2. The summed E-state index contributed by atoms with van der Waals surface area (Å²) in [5.41, 5.74) is 2.14. The molecule has 0 bridgehead atoms. The molecule has 1 atom stereocenters. The first-order chi connectivity index (χ1) is 7.16. The minimum atomic E-state index is -0.222. The predicted octanol–water partition coefficient (Wildman–Crippen LogP) is 0.595. The molecule has 1 saturated heterocycles. The Balaban J connectivity index is 2.13. The van der Waals surface area contributed by atoms with Crippen molar-refractivity contribution < 1.29 is 9.59 Å². The molecule has 78 valence electrons. The van der Waals surface area contributed by atoms with Crippen LogP contribution in [0.25, 0.3) is 0 Å². The van der Waals surface area contributed by atoms with Crippen molar-refractivity contribution in [3.8, 4) is 0 Å². The van der Waals surface area contributed by atoms with Gasteiger partial charge in [-0.1, -0.05) is 0 Å². The molecule has 0 radical (unpaired) electrons. The van der Waals surface area contributed by atoms with Crippen LogP contribution in [0.3, 0.4) is 0 Å². The first-order valence-electron chi connectivity index (χ1n) is 4.90. The fourth-order valence-electron chi connectivity index (χ4n) is 1.75. The molecule has 1 N–H and O–H groups in total. The quantitative estimate of drug-likeness (QED) is 0.717. The van der Waals surface area contributed by atoms with Crippen LogP contribution in [0.2, 0.25) is 0 Å². The van der Waals surface area contributed by atoms with Crippen LogP contribution in [0.5, 0.6) is 0 Å². The van der Waals surface area contributed by atoms with Crippen molar-refractivity contribution >= 4 is 11.8 Å². The zero-order chi connectivity index (χ0) is 10.8. The standard InChI is InChI=1S/C11H12N2O2/c1-7-2-3-12-6-9(7)4-8-5-10(14)13-11(8)15/h2-3,6,8H,4-5H2,1H3,(H,13,14,15). The highest BCUT2D eigenvalue weighted by atomic mass is 16.2. The Kier molecular flexibility index (Phi) is 2.49. The number of carbonyl (C=O) groups is 2. The van der Waals surface area contributed by atoms with E-state index >= 15 is 0 Å². The summed E-state index contributed by atoms with van der Waals surface area (Å²) >= 11 is 0. The molecule has 2 amide bonds. The third-order valence-corrected chi connectivity index (χ3v) is 2.68. The van der Waals surface area contributed by atoms with Crippen LogP contribution < -0.4 is 5.32 Å². The first kappa shape index (κ1) is 9.83. The summed E-state index contributed by atoms with van der Waals surface area (Å²) in [5.74, 6) is -0.560. The maximum Gasteiger partial charge on any atom is 0.230 e. The second-order valence-corrected chi connectivity index (χ2v) is 3.82. The van der Waals surface area contributed by atoms with Gasteiger partial charge in [-0.05, 0) is 30.5 Å². The topological polar surface area (TPSA) is 59.1 Å². The minimum Gasteiger partial charge on any atom is -0.296 e. The van der Waals surface area contributed by atoms with E-state index in [0.717, 1.165) is 11.1 Å². The van der Waals surface area contributed by atoms with Gasteiger partial charge >= 0.3 is 0 Å². The van der Waals surface area contributed by atoms with Gasteiger partial charge in [-0.25, -0.2) is 0 Å². The van der Waals surface area contributed by atoms with Crippen molar-refractivity contribution in [1.29, 1.82) is 0 Å². The number of nitrogens with zero attached hydrogens (tertiary/aromatic N) is 1. The van der Waals surface area contributed by atoms with E-state index in [-0.39, 0.29) is 17.7 Å². The number of hydrogen-bond acceptors (Lipinski definition) is 3. The maximum atomic E-state index is 11.3. The minimum absolute atomic E-state index is 0.164. The van der Waals surface area contributed by atoms with Crippen LogP contribution in [0, 0.1) is 12.8 Å². The second-order valence-electron chi connectivity index (χ2n) is 3.82. The Morgan fingerprint density at radius 3 is 2.93 bits per heavy atom. The molecule has 0 spiro atoms. The number of aromatic nitrogens is 1.